The lowest BCUT2D eigenvalue weighted by molar-refractivity contribution is 0.0568. The second kappa shape index (κ2) is 7.02. The van der Waals surface area contributed by atoms with E-state index in [0.29, 0.717) is 18.7 Å². The molecule has 0 bridgehead atoms. The Morgan fingerprint density at radius 2 is 2.24 bits per heavy atom. The molecular formula is C14H19NO5S. The minimum atomic E-state index is -3.47. The third-order valence-electron chi connectivity index (χ3n) is 3.38. The van der Waals surface area contributed by atoms with Crippen LogP contribution in [0.4, 0.5) is 0 Å². The molecule has 0 aromatic heterocycles. The lowest BCUT2D eigenvalue weighted by atomic mass is 10.0. The summed E-state index contributed by atoms with van der Waals surface area (Å²) in [6, 6.07) is 5.97. The van der Waals surface area contributed by atoms with Crippen LogP contribution in [0.1, 0.15) is 28.8 Å². The normalized spacial score (nSPS) is 19.3. The quantitative estimate of drug-likeness (QED) is 0.824. The van der Waals surface area contributed by atoms with Crippen LogP contribution in [0, 0.1) is 5.92 Å². The molecule has 1 aromatic rings. The van der Waals surface area contributed by atoms with E-state index in [9.17, 15) is 13.2 Å². The first kappa shape index (κ1) is 15.9. The molecule has 1 atom stereocenters. The number of aromatic carboxylic acids is 1. The number of rotatable bonds is 6. The first-order chi connectivity index (χ1) is 9.96. The number of hydrogen-bond acceptors (Lipinski definition) is 4. The summed E-state index contributed by atoms with van der Waals surface area (Å²) < 4.78 is 31.9. The van der Waals surface area contributed by atoms with Gasteiger partial charge in [0, 0.05) is 13.2 Å². The molecule has 1 aliphatic rings. The van der Waals surface area contributed by atoms with Crippen LogP contribution < -0.4 is 4.72 Å². The summed E-state index contributed by atoms with van der Waals surface area (Å²) in [5, 5.41) is 8.90. The van der Waals surface area contributed by atoms with Gasteiger partial charge < -0.3 is 9.84 Å². The maximum Gasteiger partial charge on any atom is 0.335 e. The van der Waals surface area contributed by atoms with Gasteiger partial charge in [0.2, 0.25) is 10.0 Å². The minimum absolute atomic E-state index is 0.0865. The number of hydrogen-bond donors (Lipinski definition) is 2. The molecule has 2 rings (SSSR count). The average molecular weight is 313 g/mol. The van der Waals surface area contributed by atoms with Crippen LogP contribution >= 0.6 is 0 Å². The Bertz CT molecular complexity index is 593. The zero-order chi connectivity index (χ0) is 15.3. The Labute approximate surface area is 124 Å². The fourth-order valence-electron chi connectivity index (χ4n) is 2.28. The fraction of sp³-hybridized carbons (Fsp3) is 0.500. The maximum atomic E-state index is 12.0. The number of ether oxygens (including phenoxy) is 1. The van der Waals surface area contributed by atoms with Crippen molar-refractivity contribution >= 4 is 16.0 Å². The third-order valence-corrected chi connectivity index (χ3v) is 4.70. The molecule has 21 heavy (non-hydrogen) atoms. The molecule has 0 aliphatic carbocycles. The van der Waals surface area contributed by atoms with E-state index in [-0.39, 0.29) is 17.2 Å². The van der Waals surface area contributed by atoms with Gasteiger partial charge in [0.25, 0.3) is 0 Å². The Hall–Kier alpha value is -1.44. The Kier molecular flexibility index (Phi) is 5.33. The highest BCUT2D eigenvalue weighted by Crippen LogP contribution is 2.13. The van der Waals surface area contributed by atoms with Gasteiger partial charge in [-0.3, -0.25) is 0 Å². The van der Waals surface area contributed by atoms with Crippen molar-refractivity contribution in [1.29, 1.82) is 0 Å². The van der Waals surface area contributed by atoms with Gasteiger partial charge >= 0.3 is 5.97 Å². The van der Waals surface area contributed by atoms with Crippen LogP contribution in [0.3, 0.4) is 0 Å². The summed E-state index contributed by atoms with van der Waals surface area (Å²) in [7, 11) is -3.47. The predicted molar refractivity (Wildman–Crippen MR) is 77.6 cm³/mol. The summed E-state index contributed by atoms with van der Waals surface area (Å²) in [5.41, 5.74) is 0.547. The van der Waals surface area contributed by atoms with Gasteiger partial charge in [-0.1, -0.05) is 12.1 Å². The number of sulfonamides is 1. The minimum Gasteiger partial charge on any atom is -0.478 e. The average Bonchev–Trinajstić information content (AvgIpc) is 2.46. The second-order valence-corrected chi connectivity index (χ2v) is 7.00. The van der Waals surface area contributed by atoms with Gasteiger partial charge in [0.05, 0.1) is 17.9 Å². The topological polar surface area (TPSA) is 92.7 Å². The molecule has 116 valence electrons. The molecule has 7 heteroatoms. The SMILES string of the molecule is O=C(O)c1cccc(CS(=O)(=O)NCC2CCCOC2)c1. The molecule has 0 amide bonds. The van der Waals surface area contributed by atoms with E-state index in [2.05, 4.69) is 4.72 Å². The molecule has 1 unspecified atom stereocenters. The highest BCUT2D eigenvalue weighted by Gasteiger charge is 2.18. The number of carboxylic acid groups (broad SMARTS) is 1. The molecule has 1 aliphatic heterocycles. The van der Waals surface area contributed by atoms with Crippen molar-refractivity contribution in [2.45, 2.75) is 18.6 Å². The summed E-state index contributed by atoms with van der Waals surface area (Å²) in [6.45, 7) is 1.68. The summed E-state index contributed by atoms with van der Waals surface area (Å²) in [4.78, 5) is 10.9. The van der Waals surface area contributed by atoms with Crippen molar-refractivity contribution in [3.63, 3.8) is 0 Å². The van der Waals surface area contributed by atoms with Crippen LogP contribution in [0.2, 0.25) is 0 Å². The van der Waals surface area contributed by atoms with Crippen molar-refractivity contribution in [3.8, 4) is 0 Å². The Morgan fingerprint density at radius 3 is 2.90 bits per heavy atom. The van der Waals surface area contributed by atoms with Crippen LogP contribution in [0.15, 0.2) is 24.3 Å². The molecule has 0 spiro atoms. The van der Waals surface area contributed by atoms with Crippen molar-refractivity contribution in [2.24, 2.45) is 5.92 Å². The van der Waals surface area contributed by atoms with Gasteiger partial charge in [-0.05, 0) is 36.5 Å². The lowest BCUT2D eigenvalue weighted by Gasteiger charge is -2.22. The Morgan fingerprint density at radius 1 is 1.43 bits per heavy atom. The van der Waals surface area contributed by atoms with Gasteiger partial charge in [0.1, 0.15) is 0 Å². The maximum absolute atomic E-state index is 12.0. The predicted octanol–water partition coefficient (Wildman–Crippen LogP) is 1.23. The van der Waals surface area contributed by atoms with Crippen LogP contribution in [0.5, 0.6) is 0 Å². The molecule has 1 aromatic carbocycles. The molecular weight excluding hydrogens is 294 g/mol. The van der Waals surface area contributed by atoms with Crippen LogP contribution in [0.25, 0.3) is 0 Å². The summed E-state index contributed by atoms with van der Waals surface area (Å²) in [5.74, 6) is -1.08. The fourth-order valence-corrected chi connectivity index (χ4v) is 3.49. The first-order valence-electron chi connectivity index (χ1n) is 6.83. The largest absolute Gasteiger partial charge is 0.478 e. The van der Waals surface area contributed by atoms with E-state index >= 15 is 0 Å². The zero-order valence-electron chi connectivity index (χ0n) is 11.6. The number of carboxylic acids is 1. The lowest BCUT2D eigenvalue weighted by Crippen LogP contribution is -2.33. The second-order valence-electron chi connectivity index (χ2n) is 5.20. The highest BCUT2D eigenvalue weighted by atomic mass is 32.2. The first-order valence-corrected chi connectivity index (χ1v) is 8.49. The molecule has 0 radical (unpaired) electrons. The Balaban J connectivity index is 1.93. The third kappa shape index (κ3) is 5.11. The van der Waals surface area contributed by atoms with Crippen molar-refractivity contribution < 1.29 is 23.1 Å². The van der Waals surface area contributed by atoms with Gasteiger partial charge in [-0.2, -0.15) is 0 Å². The molecule has 1 heterocycles. The molecule has 1 saturated heterocycles. The van der Waals surface area contributed by atoms with E-state index < -0.39 is 16.0 Å². The summed E-state index contributed by atoms with van der Waals surface area (Å²) >= 11 is 0. The zero-order valence-corrected chi connectivity index (χ0v) is 12.4. The number of carbonyl (C=O) groups is 1. The molecule has 0 saturated carbocycles. The van der Waals surface area contributed by atoms with E-state index in [1.54, 1.807) is 12.1 Å². The van der Waals surface area contributed by atoms with Crippen molar-refractivity contribution in [2.75, 3.05) is 19.8 Å². The van der Waals surface area contributed by atoms with E-state index in [1.165, 1.54) is 12.1 Å². The number of benzene rings is 1. The van der Waals surface area contributed by atoms with Crippen LogP contribution in [-0.2, 0) is 20.5 Å². The van der Waals surface area contributed by atoms with Crippen molar-refractivity contribution in [1.82, 2.24) is 4.72 Å². The van der Waals surface area contributed by atoms with E-state index in [0.717, 1.165) is 19.4 Å². The summed E-state index contributed by atoms with van der Waals surface area (Å²) in [6.07, 6.45) is 1.91. The smallest absolute Gasteiger partial charge is 0.335 e. The molecule has 1 fully saturated rings. The van der Waals surface area contributed by atoms with Gasteiger partial charge in [0.15, 0.2) is 0 Å². The van der Waals surface area contributed by atoms with E-state index in [1.807, 2.05) is 0 Å². The van der Waals surface area contributed by atoms with E-state index in [4.69, 9.17) is 9.84 Å². The molecule has 2 N–H and O–H groups in total. The highest BCUT2D eigenvalue weighted by molar-refractivity contribution is 7.88. The van der Waals surface area contributed by atoms with Crippen LogP contribution in [-0.4, -0.2) is 39.3 Å². The molecule has 6 nitrogen and oxygen atoms in total. The van der Waals surface area contributed by atoms with Gasteiger partial charge in [-0.15, -0.1) is 0 Å². The number of nitrogens with one attached hydrogen (secondary N) is 1. The van der Waals surface area contributed by atoms with Gasteiger partial charge in [-0.25, -0.2) is 17.9 Å². The standard InChI is InChI=1S/C14H19NO5S/c16-14(17)13-5-1-3-11(7-13)10-21(18,19)15-8-12-4-2-6-20-9-12/h1,3,5,7,12,15H,2,4,6,8-10H2,(H,16,17). The monoisotopic (exact) mass is 313 g/mol. The van der Waals surface area contributed by atoms with Crippen molar-refractivity contribution in [3.05, 3.63) is 35.4 Å².